The molecule has 1 aromatic carbocycles. The lowest BCUT2D eigenvalue weighted by Crippen LogP contribution is -2.25. The molecule has 7 heteroatoms. The van der Waals surface area contributed by atoms with E-state index in [2.05, 4.69) is 15.3 Å². The second-order valence-electron chi connectivity index (χ2n) is 5.82. The summed E-state index contributed by atoms with van der Waals surface area (Å²) in [5.41, 5.74) is 1.65. The van der Waals surface area contributed by atoms with Gasteiger partial charge in [-0.2, -0.15) is 4.52 Å². The van der Waals surface area contributed by atoms with E-state index >= 15 is 0 Å². The monoisotopic (exact) mass is 313 g/mol. The number of anilines is 1. The fourth-order valence-electron chi connectivity index (χ4n) is 3.11. The number of halogens is 1. The van der Waals surface area contributed by atoms with E-state index in [1.165, 1.54) is 12.1 Å². The van der Waals surface area contributed by atoms with Gasteiger partial charge in [-0.05, 0) is 43.2 Å². The van der Waals surface area contributed by atoms with Crippen LogP contribution < -0.4 is 4.90 Å². The molecule has 1 fully saturated rings. The first-order chi connectivity index (χ1) is 11.1. The van der Waals surface area contributed by atoms with Crippen LogP contribution in [0.4, 0.5) is 10.2 Å². The fraction of sp³-hybridized carbons (Fsp3) is 0.312. The topological polar surface area (TPSA) is 66.5 Å². The minimum Gasteiger partial charge on any atom is -0.391 e. The number of aryl methyl sites for hydroxylation is 1. The molecule has 2 aromatic heterocycles. The van der Waals surface area contributed by atoms with Crippen LogP contribution in [0, 0.1) is 12.7 Å². The number of aliphatic hydroxyl groups excluding tert-OH is 1. The number of aromatic nitrogens is 4. The molecule has 0 saturated carbocycles. The van der Waals surface area contributed by atoms with Gasteiger partial charge in [0.15, 0.2) is 11.5 Å². The van der Waals surface area contributed by atoms with Gasteiger partial charge in [-0.25, -0.2) is 4.39 Å². The zero-order valence-electron chi connectivity index (χ0n) is 12.6. The summed E-state index contributed by atoms with van der Waals surface area (Å²) in [6.45, 7) is 2.33. The van der Waals surface area contributed by atoms with Crippen molar-refractivity contribution in [3.63, 3.8) is 0 Å². The van der Waals surface area contributed by atoms with Crippen molar-refractivity contribution in [2.24, 2.45) is 0 Å². The molecule has 0 spiro atoms. The molecule has 3 aromatic rings. The summed E-state index contributed by atoms with van der Waals surface area (Å²) in [6, 6.07) is 10.1. The van der Waals surface area contributed by atoms with Gasteiger partial charge in [0.05, 0.1) is 12.1 Å². The van der Waals surface area contributed by atoms with Gasteiger partial charge in [-0.1, -0.05) is 12.1 Å². The smallest absolute Gasteiger partial charge is 0.178 e. The number of hydrogen-bond donors (Lipinski definition) is 1. The summed E-state index contributed by atoms with van der Waals surface area (Å²) in [4.78, 5) is 2.04. The van der Waals surface area contributed by atoms with E-state index in [1.807, 2.05) is 24.0 Å². The van der Waals surface area contributed by atoms with E-state index < -0.39 is 6.10 Å². The van der Waals surface area contributed by atoms with Gasteiger partial charge in [-0.3, -0.25) is 0 Å². The molecule has 0 aliphatic carbocycles. The Bertz CT molecular complexity index is 847. The second kappa shape index (κ2) is 5.27. The highest BCUT2D eigenvalue weighted by atomic mass is 19.1. The van der Waals surface area contributed by atoms with Gasteiger partial charge in [0, 0.05) is 6.54 Å². The first kappa shape index (κ1) is 14.1. The van der Waals surface area contributed by atoms with Crippen molar-refractivity contribution in [1.29, 1.82) is 0 Å². The molecular formula is C16H16FN5O. The zero-order chi connectivity index (χ0) is 16.0. The van der Waals surface area contributed by atoms with E-state index in [0.29, 0.717) is 24.4 Å². The Morgan fingerprint density at radius 3 is 2.70 bits per heavy atom. The Hall–Kier alpha value is -2.54. The molecule has 1 saturated heterocycles. The van der Waals surface area contributed by atoms with Crippen molar-refractivity contribution < 1.29 is 9.50 Å². The van der Waals surface area contributed by atoms with Crippen LogP contribution >= 0.6 is 0 Å². The summed E-state index contributed by atoms with van der Waals surface area (Å²) in [7, 11) is 0. The van der Waals surface area contributed by atoms with Gasteiger partial charge >= 0.3 is 0 Å². The Balaban J connectivity index is 1.74. The van der Waals surface area contributed by atoms with Crippen molar-refractivity contribution in [3.05, 3.63) is 53.6 Å². The molecule has 1 aliphatic rings. The van der Waals surface area contributed by atoms with E-state index in [1.54, 1.807) is 16.6 Å². The van der Waals surface area contributed by atoms with Gasteiger partial charge in [0.1, 0.15) is 11.6 Å². The SMILES string of the molecule is Cc1nnc2ccc(N3CC(O)CC3c3ccc(F)cc3)nn12. The fourth-order valence-corrected chi connectivity index (χ4v) is 3.11. The minimum atomic E-state index is -0.440. The van der Waals surface area contributed by atoms with Gasteiger partial charge in [0.2, 0.25) is 0 Å². The predicted octanol–water partition coefficient (Wildman–Crippen LogP) is 1.88. The maximum Gasteiger partial charge on any atom is 0.178 e. The van der Waals surface area contributed by atoms with Crippen LogP contribution in [0.25, 0.3) is 5.65 Å². The molecule has 3 heterocycles. The van der Waals surface area contributed by atoms with Crippen LogP contribution in [0.5, 0.6) is 0 Å². The van der Waals surface area contributed by atoms with Gasteiger partial charge in [-0.15, -0.1) is 15.3 Å². The highest BCUT2D eigenvalue weighted by Gasteiger charge is 2.33. The number of nitrogens with zero attached hydrogens (tertiary/aromatic N) is 5. The highest BCUT2D eigenvalue weighted by Crippen LogP contribution is 2.35. The zero-order valence-corrected chi connectivity index (χ0v) is 12.6. The van der Waals surface area contributed by atoms with Crippen LogP contribution in [0.3, 0.4) is 0 Å². The number of fused-ring (bicyclic) bond motifs is 1. The molecular weight excluding hydrogens is 297 g/mol. The van der Waals surface area contributed by atoms with Crippen molar-refractivity contribution >= 4 is 11.5 Å². The van der Waals surface area contributed by atoms with E-state index in [-0.39, 0.29) is 11.9 Å². The number of β-amino-alcohol motifs (C(OH)–C–C–N with tert-alkyl or cyclic N) is 1. The predicted molar refractivity (Wildman–Crippen MR) is 82.6 cm³/mol. The summed E-state index contributed by atoms with van der Waals surface area (Å²) in [5, 5.41) is 22.7. The van der Waals surface area contributed by atoms with E-state index in [4.69, 9.17) is 0 Å². The maximum absolute atomic E-state index is 13.2. The Kier molecular flexibility index (Phi) is 3.23. The lowest BCUT2D eigenvalue weighted by molar-refractivity contribution is 0.194. The molecule has 1 aliphatic heterocycles. The molecule has 1 N–H and O–H groups in total. The van der Waals surface area contributed by atoms with Crippen molar-refractivity contribution in [1.82, 2.24) is 19.8 Å². The number of aliphatic hydroxyl groups is 1. The number of hydrogen-bond acceptors (Lipinski definition) is 5. The molecule has 4 rings (SSSR count). The first-order valence-corrected chi connectivity index (χ1v) is 7.51. The van der Waals surface area contributed by atoms with Crippen molar-refractivity contribution in [2.75, 3.05) is 11.4 Å². The van der Waals surface area contributed by atoms with Crippen molar-refractivity contribution in [2.45, 2.75) is 25.5 Å². The lowest BCUT2D eigenvalue weighted by atomic mass is 10.0. The van der Waals surface area contributed by atoms with Crippen LogP contribution in [-0.4, -0.2) is 37.6 Å². The summed E-state index contributed by atoms with van der Waals surface area (Å²) in [6.07, 6.45) is 0.150. The third-order valence-corrected chi connectivity index (χ3v) is 4.23. The van der Waals surface area contributed by atoms with Gasteiger partial charge < -0.3 is 10.0 Å². The van der Waals surface area contributed by atoms with Crippen LogP contribution in [0.2, 0.25) is 0 Å². The molecule has 2 atom stereocenters. The Morgan fingerprint density at radius 2 is 1.91 bits per heavy atom. The Labute approximate surface area is 132 Å². The lowest BCUT2D eigenvalue weighted by Gasteiger charge is -2.25. The minimum absolute atomic E-state index is 0.0349. The van der Waals surface area contributed by atoms with E-state index in [0.717, 1.165) is 11.4 Å². The van der Waals surface area contributed by atoms with Crippen LogP contribution in [0.1, 0.15) is 23.9 Å². The highest BCUT2D eigenvalue weighted by molar-refractivity contribution is 5.49. The molecule has 0 amide bonds. The van der Waals surface area contributed by atoms with Crippen LogP contribution in [-0.2, 0) is 0 Å². The molecule has 118 valence electrons. The second-order valence-corrected chi connectivity index (χ2v) is 5.82. The maximum atomic E-state index is 13.2. The number of benzene rings is 1. The normalized spacial score (nSPS) is 21.3. The molecule has 6 nitrogen and oxygen atoms in total. The average Bonchev–Trinajstić information content (AvgIpc) is 3.11. The molecule has 23 heavy (non-hydrogen) atoms. The van der Waals surface area contributed by atoms with E-state index in [9.17, 15) is 9.50 Å². The van der Waals surface area contributed by atoms with Gasteiger partial charge in [0.25, 0.3) is 0 Å². The van der Waals surface area contributed by atoms with Crippen molar-refractivity contribution in [3.8, 4) is 0 Å². The standard InChI is InChI=1S/C16H16FN5O/c1-10-18-19-15-6-7-16(20-22(10)15)21-9-13(23)8-14(21)11-2-4-12(17)5-3-11/h2-7,13-14,23H,8-9H2,1H3. The summed E-state index contributed by atoms with van der Waals surface area (Å²) in [5.74, 6) is 1.18. The first-order valence-electron chi connectivity index (χ1n) is 7.51. The van der Waals surface area contributed by atoms with Crippen LogP contribution in [0.15, 0.2) is 36.4 Å². The summed E-state index contributed by atoms with van der Waals surface area (Å²) >= 11 is 0. The average molecular weight is 313 g/mol. The molecule has 0 radical (unpaired) electrons. The Morgan fingerprint density at radius 1 is 1.13 bits per heavy atom. The molecule has 2 unspecified atom stereocenters. The number of rotatable bonds is 2. The quantitative estimate of drug-likeness (QED) is 0.782. The third kappa shape index (κ3) is 2.43. The summed E-state index contributed by atoms with van der Waals surface area (Å²) < 4.78 is 14.8. The third-order valence-electron chi connectivity index (χ3n) is 4.23. The molecule has 0 bridgehead atoms. The largest absolute Gasteiger partial charge is 0.391 e.